The Morgan fingerprint density at radius 2 is 1.79 bits per heavy atom. The van der Waals surface area contributed by atoms with Crippen LogP contribution in [0.15, 0.2) is 24.3 Å². The normalized spacial score (nSPS) is 12.3. The summed E-state index contributed by atoms with van der Waals surface area (Å²) in [5.74, 6) is -1.06. The molecule has 0 aliphatic rings. The van der Waals surface area contributed by atoms with Gasteiger partial charge >= 0.3 is 5.97 Å². The molecule has 1 unspecified atom stereocenters. The largest absolute Gasteiger partial charge is 0.481 e. The summed E-state index contributed by atoms with van der Waals surface area (Å²) in [6.07, 6.45) is 7.90. The summed E-state index contributed by atoms with van der Waals surface area (Å²) in [5, 5.41) is 9.29. The molecule has 2 nitrogen and oxygen atoms in total. The SMILES string of the molecule is CCCCCCCc1ccccc1C(CC)C(=O)O. The molecule has 0 amide bonds. The van der Waals surface area contributed by atoms with Gasteiger partial charge in [-0.1, -0.05) is 63.8 Å². The molecular weight excluding hydrogens is 236 g/mol. The summed E-state index contributed by atoms with van der Waals surface area (Å²) in [6.45, 7) is 4.16. The molecule has 1 atom stereocenters. The fraction of sp³-hybridized carbons (Fsp3) is 0.588. The van der Waals surface area contributed by atoms with Gasteiger partial charge in [0.25, 0.3) is 0 Å². The van der Waals surface area contributed by atoms with E-state index in [0.29, 0.717) is 6.42 Å². The van der Waals surface area contributed by atoms with E-state index in [4.69, 9.17) is 0 Å². The molecule has 19 heavy (non-hydrogen) atoms. The Bertz CT molecular complexity index is 385. The van der Waals surface area contributed by atoms with Gasteiger partial charge in [0, 0.05) is 0 Å². The number of unbranched alkanes of at least 4 members (excludes halogenated alkanes) is 4. The van der Waals surface area contributed by atoms with Crippen LogP contribution in [0.2, 0.25) is 0 Å². The van der Waals surface area contributed by atoms with Crippen LogP contribution in [0.3, 0.4) is 0 Å². The smallest absolute Gasteiger partial charge is 0.310 e. The van der Waals surface area contributed by atoms with E-state index in [1.165, 1.54) is 31.2 Å². The van der Waals surface area contributed by atoms with Crippen LogP contribution in [0.5, 0.6) is 0 Å². The highest BCUT2D eigenvalue weighted by Crippen LogP contribution is 2.25. The van der Waals surface area contributed by atoms with E-state index in [9.17, 15) is 9.90 Å². The molecule has 0 saturated carbocycles. The maximum atomic E-state index is 11.3. The fourth-order valence-corrected chi connectivity index (χ4v) is 2.55. The molecular formula is C17H26O2. The van der Waals surface area contributed by atoms with Gasteiger partial charge in [0.1, 0.15) is 0 Å². The van der Waals surface area contributed by atoms with Crippen molar-refractivity contribution in [3.05, 3.63) is 35.4 Å². The Kier molecular flexibility index (Phi) is 7.24. The molecule has 0 aliphatic carbocycles. The van der Waals surface area contributed by atoms with Gasteiger partial charge in [-0.05, 0) is 30.4 Å². The summed E-state index contributed by atoms with van der Waals surface area (Å²) in [6, 6.07) is 8.02. The van der Waals surface area contributed by atoms with E-state index in [0.717, 1.165) is 18.4 Å². The first-order valence-corrected chi connectivity index (χ1v) is 7.51. The van der Waals surface area contributed by atoms with Crippen LogP contribution in [0.1, 0.15) is 69.4 Å². The van der Waals surface area contributed by atoms with Crippen molar-refractivity contribution in [2.75, 3.05) is 0 Å². The van der Waals surface area contributed by atoms with Gasteiger partial charge in [-0.3, -0.25) is 4.79 Å². The minimum absolute atomic E-state index is 0.355. The molecule has 0 saturated heterocycles. The highest BCUT2D eigenvalue weighted by Gasteiger charge is 2.19. The van der Waals surface area contributed by atoms with Gasteiger partial charge in [-0.15, -0.1) is 0 Å². The number of hydrogen-bond acceptors (Lipinski definition) is 1. The molecule has 0 aliphatic heterocycles. The first-order chi connectivity index (χ1) is 9.20. The van der Waals surface area contributed by atoms with Gasteiger partial charge < -0.3 is 5.11 Å². The predicted molar refractivity (Wildman–Crippen MR) is 79.6 cm³/mol. The van der Waals surface area contributed by atoms with Crippen molar-refractivity contribution in [1.29, 1.82) is 0 Å². The van der Waals surface area contributed by atoms with Crippen molar-refractivity contribution < 1.29 is 9.90 Å². The Morgan fingerprint density at radius 3 is 2.42 bits per heavy atom. The predicted octanol–water partition coefficient (Wildman–Crippen LogP) is 4.78. The average Bonchev–Trinajstić information content (AvgIpc) is 2.40. The molecule has 0 aromatic heterocycles. The Labute approximate surface area is 116 Å². The molecule has 1 rings (SSSR count). The zero-order valence-corrected chi connectivity index (χ0v) is 12.2. The summed E-state index contributed by atoms with van der Waals surface area (Å²) < 4.78 is 0. The van der Waals surface area contributed by atoms with Crippen molar-refractivity contribution >= 4 is 5.97 Å². The van der Waals surface area contributed by atoms with E-state index in [-0.39, 0.29) is 5.92 Å². The molecule has 106 valence electrons. The molecule has 0 spiro atoms. The monoisotopic (exact) mass is 262 g/mol. The molecule has 0 bridgehead atoms. The molecule has 1 aromatic rings. The van der Waals surface area contributed by atoms with Crippen LogP contribution < -0.4 is 0 Å². The van der Waals surface area contributed by atoms with Crippen LogP contribution in [-0.4, -0.2) is 11.1 Å². The van der Waals surface area contributed by atoms with Crippen LogP contribution in [0.4, 0.5) is 0 Å². The van der Waals surface area contributed by atoms with E-state index in [1.807, 2.05) is 25.1 Å². The van der Waals surface area contributed by atoms with Crippen molar-refractivity contribution in [2.24, 2.45) is 0 Å². The minimum Gasteiger partial charge on any atom is -0.481 e. The molecule has 2 heteroatoms. The van der Waals surface area contributed by atoms with Crippen molar-refractivity contribution in [1.82, 2.24) is 0 Å². The summed E-state index contributed by atoms with van der Waals surface area (Å²) in [5.41, 5.74) is 2.22. The van der Waals surface area contributed by atoms with Gasteiger partial charge in [-0.25, -0.2) is 0 Å². The van der Waals surface area contributed by atoms with Crippen LogP contribution in [-0.2, 0) is 11.2 Å². The maximum Gasteiger partial charge on any atom is 0.310 e. The number of rotatable bonds is 9. The second-order valence-electron chi connectivity index (χ2n) is 5.16. The van der Waals surface area contributed by atoms with Crippen LogP contribution in [0, 0.1) is 0 Å². The van der Waals surface area contributed by atoms with Gasteiger partial charge in [0.2, 0.25) is 0 Å². The second-order valence-corrected chi connectivity index (χ2v) is 5.16. The first-order valence-electron chi connectivity index (χ1n) is 7.51. The van der Waals surface area contributed by atoms with Crippen LogP contribution >= 0.6 is 0 Å². The van der Waals surface area contributed by atoms with Gasteiger partial charge in [0.15, 0.2) is 0 Å². The van der Waals surface area contributed by atoms with Crippen LogP contribution in [0.25, 0.3) is 0 Å². The fourth-order valence-electron chi connectivity index (χ4n) is 2.55. The van der Waals surface area contributed by atoms with Gasteiger partial charge in [0.05, 0.1) is 5.92 Å². The second kappa shape index (κ2) is 8.73. The Hall–Kier alpha value is -1.31. The lowest BCUT2D eigenvalue weighted by atomic mass is 9.90. The quantitative estimate of drug-likeness (QED) is 0.650. The lowest BCUT2D eigenvalue weighted by molar-refractivity contribution is -0.138. The number of hydrogen-bond donors (Lipinski definition) is 1. The Balaban J connectivity index is 2.65. The average molecular weight is 262 g/mol. The number of carbonyl (C=O) groups is 1. The number of aliphatic carboxylic acids is 1. The maximum absolute atomic E-state index is 11.3. The summed E-state index contributed by atoms with van der Waals surface area (Å²) >= 11 is 0. The van der Waals surface area contributed by atoms with Gasteiger partial charge in [-0.2, -0.15) is 0 Å². The minimum atomic E-state index is -0.707. The highest BCUT2D eigenvalue weighted by molar-refractivity contribution is 5.76. The molecule has 1 aromatic carbocycles. The number of aryl methyl sites for hydroxylation is 1. The molecule has 0 radical (unpaired) electrons. The molecule has 1 N–H and O–H groups in total. The van der Waals surface area contributed by atoms with Crippen molar-refractivity contribution in [2.45, 2.75) is 64.7 Å². The Morgan fingerprint density at radius 1 is 1.11 bits per heavy atom. The third-order valence-corrected chi connectivity index (χ3v) is 3.69. The van der Waals surface area contributed by atoms with Crippen molar-refractivity contribution in [3.8, 4) is 0 Å². The number of benzene rings is 1. The molecule has 0 fully saturated rings. The highest BCUT2D eigenvalue weighted by atomic mass is 16.4. The third-order valence-electron chi connectivity index (χ3n) is 3.69. The number of carboxylic acid groups (broad SMARTS) is 1. The van der Waals surface area contributed by atoms with E-state index < -0.39 is 5.97 Å². The lowest BCUT2D eigenvalue weighted by Gasteiger charge is -2.15. The number of carboxylic acids is 1. The topological polar surface area (TPSA) is 37.3 Å². The van der Waals surface area contributed by atoms with Crippen molar-refractivity contribution in [3.63, 3.8) is 0 Å². The third kappa shape index (κ3) is 5.06. The lowest BCUT2D eigenvalue weighted by Crippen LogP contribution is -2.12. The van der Waals surface area contributed by atoms with E-state index >= 15 is 0 Å². The summed E-state index contributed by atoms with van der Waals surface area (Å²) in [7, 11) is 0. The zero-order valence-electron chi connectivity index (χ0n) is 12.2. The van der Waals surface area contributed by atoms with E-state index in [1.54, 1.807) is 0 Å². The molecule has 0 heterocycles. The summed E-state index contributed by atoms with van der Waals surface area (Å²) in [4.78, 5) is 11.3. The zero-order chi connectivity index (χ0) is 14.1. The first kappa shape index (κ1) is 15.7. The standard InChI is InChI=1S/C17H26O2/c1-3-5-6-7-8-11-14-12-9-10-13-16(14)15(4-2)17(18)19/h9-10,12-13,15H,3-8,11H2,1-2H3,(H,18,19). The van der Waals surface area contributed by atoms with E-state index in [2.05, 4.69) is 13.0 Å².